The van der Waals surface area contributed by atoms with Crippen molar-refractivity contribution in [2.24, 2.45) is 0 Å². The first-order chi connectivity index (χ1) is 8.69. The zero-order valence-corrected chi connectivity index (χ0v) is 10.7. The average molecular weight is 303 g/mol. The van der Waals surface area contributed by atoms with Crippen LogP contribution in [0.25, 0.3) is 0 Å². The number of nitriles is 1. The van der Waals surface area contributed by atoms with Crippen LogP contribution in [0.3, 0.4) is 0 Å². The Labute approximate surface area is 112 Å². The van der Waals surface area contributed by atoms with Gasteiger partial charge in [-0.15, -0.1) is 0 Å². The highest BCUT2D eigenvalue weighted by atomic mass is 79.9. The van der Waals surface area contributed by atoms with E-state index in [0.717, 1.165) is 0 Å². The fourth-order valence-corrected chi connectivity index (χ4v) is 1.50. The van der Waals surface area contributed by atoms with Crippen LogP contribution in [0.4, 0.5) is 5.82 Å². The van der Waals surface area contributed by atoms with Crippen molar-refractivity contribution in [3.8, 4) is 6.07 Å². The third-order valence-electron chi connectivity index (χ3n) is 2.12. The molecule has 0 fully saturated rings. The van der Waals surface area contributed by atoms with E-state index in [4.69, 9.17) is 5.26 Å². The molecule has 0 aliphatic heterocycles. The lowest BCUT2D eigenvalue weighted by Crippen LogP contribution is -2.13. The van der Waals surface area contributed by atoms with E-state index in [2.05, 4.69) is 31.2 Å². The second-order valence-corrected chi connectivity index (χ2v) is 4.18. The quantitative estimate of drug-likeness (QED) is 0.923. The van der Waals surface area contributed by atoms with Gasteiger partial charge in [0, 0.05) is 5.56 Å². The third-order valence-corrected chi connectivity index (χ3v) is 2.53. The molecule has 0 radical (unpaired) electrons. The van der Waals surface area contributed by atoms with E-state index in [0.29, 0.717) is 21.5 Å². The number of benzene rings is 1. The van der Waals surface area contributed by atoms with E-state index in [1.807, 2.05) is 6.07 Å². The number of anilines is 1. The largest absolute Gasteiger partial charge is 0.305 e. The summed E-state index contributed by atoms with van der Waals surface area (Å²) < 4.78 is 0.590. The molecule has 18 heavy (non-hydrogen) atoms. The van der Waals surface area contributed by atoms with Gasteiger partial charge >= 0.3 is 0 Å². The zero-order valence-electron chi connectivity index (χ0n) is 9.09. The van der Waals surface area contributed by atoms with Gasteiger partial charge < -0.3 is 5.32 Å². The minimum atomic E-state index is -0.330. The van der Waals surface area contributed by atoms with E-state index in [1.165, 1.54) is 18.5 Å². The zero-order chi connectivity index (χ0) is 13.0. The minimum Gasteiger partial charge on any atom is -0.305 e. The Kier molecular flexibility index (Phi) is 3.65. The van der Waals surface area contributed by atoms with Crippen molar-refractivity contribution < 1.29 is 4.79 Å². The van der Waals surface area contributed by atoms with Crippen LogP contribution in [0.5, 0.6) is 0 Å². The van der Waals surface area contributed by atoms with Crippen molar-refractivity contribution in [3.05, 3.63) is 52.4 Å². The summed E-state index contributed by atoms with van der Waals surface area (Å²) in [6.45, 7) is 0. The van der Waals surface area contributed by atoms with Crippen LogP contribution in [0.15, 0.2) is 41.3 Å². The summed E-state index contributed by atoms with van der Waals surface area (Å²) in [7, 11) is 0. The minimum absolute atomic E-state index is 0.330. The van der Waals surface area contributed by atoms with Crippen molar-refractivity contribution in [3.63, 3.8) is 0 Å². The van der Waals surface area contributed by atoms with E-state index in [9.17, 15) is 4.79 Å². The van der Waals surface area contributed by atoms with Gasteiger partial charge in [0.15, 0.2) is 5.82 Å². The van der Waals surface area contributed by atoms with Crippen molar-refractivity contribution in [1.82, 2.24) is 9.97 Å². The Morgan fingerprint density at radius 1 is 1.33 bits per heavy atom. The highest BCUT2D eigenvalue weighted by Crippen LogP contribution is 2.09. The molecule has 0 saturated heterocycles. The first-order valence-corrected chi connectivity index (χ1v) is 5.77. The summed E-state index contributed by atoms with van der Waals surface area (Å²) in [5.74, 6) is 0.0225. The maximum atomic E-state index is 11.9. The molecule has 0 spiro atoms. The Bertz CT molecular complexity index is 619. The molecule has 6 heteroatoms. The van der Waals surface area contributed by atoms with Crippen LogP contribution >= 0.6 is 15.9 Å². The molecule has 0 bridgehead atoms. The lowest BCUT2D eigenvalue weighted by atomic mass is 10.1. The number of rotatable bonds is 2. The van der Waals surface area contributed by atoms with E-state index in [-0.39, 0.29) is 5.91 Å². The molecule has 0 aliphatic carbocycles. The van der Waals surface area contributed by atoms with Gasteiger partial charge in [-0.2, -0.15) is 5.26 Å². The first-order valence-electron chi connectivity index (χ1n) is 4.98. The second-order valence-electron chi connectivity index (χ2n) is 3.37. The number of carbonyl (C=O) groups excluding carboxylic acids is 1. The van der Waals surface area contributed by atoms with Crippen LogP contribution in [0, 0.1) is 11.3 Å². The van der Waals surface area contributed by atoms with Gasteiger partial charge in [-0.3, -0.25) is 4.79 Å². The average Bonchev–Trinajstić information content (AvgIpc) is 2.41. The normalized spacial score (nSPS) is 9.56. The highest BCUT2D eigenvalue weighted by molar-refractivity contribution is 9.10. The van der Waals surface area contributed by atoms with Crippen molar-refractivity contribution in [1.29, 1.82) is 5.26 Å². The molecule has 1 N–H and O–H groups in total. The van der Waals surface area contributed by atoms with E-state index in [1.54, 1.807) is 18.2 Å². The van der Waals surface area contributed by atoms with E-state index < -0.39 is 0 Å². The predicted molar refractivity (Wildman–Crippen MR) is 68.8 cm³/mol. The first kappa shape index (κ1) is 12.2. The predicted octanol–water partition coefficient (Wildman–Crippen LogP) is 2.36. The highest BCUT2D eigenvalue weighted by Gasteiger charge is 2.07. The third kappa shape index (κ3) is 2.90. The molecule has 88 valence electrons. The monoisotopic (exact) mass is 302 g/mol. The maximum Gasteiger partial charge on any atom is 0.256 e. The molecular formula is C12H7BrN4O. The SMILES string of the molecule is N#Cc1cccc(C(=O)Nc2cnc(Br)cn2)c1. The molecule has 1 amide bonds. The molecule has 1 aromatic carbocycles. The second kappa shape index (κ2) is 5.38. The van der Waals surface area contributed by atoms with Crippen LogP contribution in [-0.4, -0.2) is 15.9 Å². The molecule has 1 aromatic heterocycles. The van der Waals surface area contributed by atoms with Crippen LogP contribution in [-0.2, 0) is 0 Å². The van der Waals surface area contributed by atoms with Crippen LogP contribution in [0.1, 0.15) is 15.9 Å². The van der Waals surface area contributed by atoms with Gasteiger partial charge in [-0.1, -0.05) is 6.07 Å². The molecule has 2 aromatic rings. The summed E-state index contributed by atoms with van der Waals surface area (Å²) in [6, 6.07) is 8.41. The maximum absolute atomic E-state index is 11.9. The summed E-state index contributed by atoms with van der Waals surface area (Å²) in [5, 5.41) is 11.3. The molecule has 2 rings (SSSR count). The van der Waals surface area contributed by atoms with Crippen molar-refractivity contribution in [2.45, 2.75) is 0 Å². The summed E-state index contributed by atoms with van der Waals surface area (Å²) in [4.78, 5) is 19.8. The molecule has 0 saturated carbocycles. The van der Waals surface area contributed by atoms with Gasteiger partial charge in [0.2, 0.25) is 0 Å². The number of aromatic nitrogens is 2. The number of carbonyl (C=O) groups is 1. The Morgan fingerprint density at radius 3 is 2.83 bits per heavy atom. The van der Waals surface area contributed by atoms with Gasteiger partial charge in [-0.05, 0) is 34.1 Å². The Hall–Kier alpha value is -2.26. The lowest BCUT2D eigenvalue weighted by molar-refractivity contribution is 0.102. The van der Waals surface area contributed by atoms with E-state index >= 15 is 0 Å². The summed E-state index contributed by atoms with van der Waals surface area (Å²) in [6.07, 6.45) is 2.93. The number of halogens is 1. The van der Waals surface area contributed by atoms with Gasteiger partial charge in [-0.25, -0.2) is 9.97 Å². The molecule has 0 unspecified atom stereocenters. The van der Waals surface area contributed by atoms with Gasteiger partial charge in [0.1, 0.15) is 4.60 Å². The number of hydrogen-bond donors (Lipinski definition) is 1. The van der Waals surface area contributed by atoms with Crippen LogP contribution < -0.4 is 5.32 Å². The number of nitrogens with zero attached hydrogens (tertiary/aromatic N) is 3. The fraction of sp³-hybridized carbons (Fsp3) is 0. The Morgan fingerprint density at radius 2 is 2.17 bits per heavy atom. The molecule has 5 nitrogen and oxygen atoms in total. The number of amides is 1. The van der Waals surface area contributed by atoms with Crippen molar-refractivity contribution >= 4 is 27.7 Å². The van der Waals surface area contributed by atoms with Gasteiger partial charge in [0.05, 0.1) is 24.0 Å². The Balaban J connectivity index is 2.17. The lowest BCUT2D eigenvalue weighted by Gasteiger charge is -2.04. The topological polar surface area (TPSA) is 78.7 Å². The summed E-state index contributed by atoms with van der Waals surface area (Å²) in [5.41, 5.74) is 0.836. The molecule has 0 atom stereocenters. The number of hydrogen-bond acceptors (Lipinski definition) is 4. The van der Waals surface area contributed by atoms with Crippen molar-refractivity contribution in [2.75, 3.05) is 5.32 Å². The fourth-order valence-electron chi connectivity index (χ4n) is 1.30. The molecule has 1 heterocycles. The van der Waals surface area contributed by atoms with Gasteiger partial charge in [0.25, 0.3) is 5.91 Å². The summed E-state index contributed by atoms with van der Waals surface area (Å²) >= 11 is 3.15. The molecule has 0 aliphatic rings. The number of nitrogens with one attached hydrogen (secondary N) is 1. The van der Waals surface area contributed by atoms with Crippen LogP contribution in [0.2, 0.25) is 0 Å². The smallest absolute Gasteiger partial charge is 0.256 e. The molecular weight excluding hydrogens is 296 g/mol. The standard InChI is InChI=1S/C12H7BrN4O/c13-10-6-16-11(7-15-10)17-12(18)9-3-1-2-8(4-9)5-14/h1-4,6-7H,(H,16,17,18).